The number of aromatic nitrogens is 3. The minimum atomic E-state index is 0.601. The van der Waals surface area contributed by atoms with Gasteiger partial charge in [-0.3, -0.25) is 4.98 Å². The lowest BCUT2D eigenvalue weighted by Crippen LogP contribution is -2.18. The largest absolute Gasteiger partial charge is 0.382 e. The highest BCUT2D eigenvalue weighted by molar-refractivity contribution is 5.58. The molecule has 0 saturated heterocycles. The third kappa shape index (κ3) is 2.13. The van der Waals surface area contributed by atoms with Crippen LogP contribution in [0.3, 0.4) is 0 Å². The van der Waals surface area contributed by atoms with E-state index >= 15 is 0 Å². The van der Waals surface area contributed by atoms with E-state index in [-0.39, 0.29) is 0 Å². The van der Waals surface area contributed by atoms with Crippen LogP contribution in [0.1, 0.15) is 11.4 Å². The summed E-state index contributed by atoms with van der Waals surface area (Å²) in [6, 6.07) is 3.95. The van der Waals surface area contributed by atoms with Gasteiger partial charge in [0.15, 0.2) is 5.82 Å². The molecule has 5 nitrogen and oxygen atoms in total. The number of nitrogens with zero attached hydrogens (tertiary/aromatic N) is 3. The summed E-state index contributed by atoms with van der Waals surface area (Å²) >= 11 is 0. The van der Waals surface area contributed by atoms with Gasteiger partial charge in [0.1, 0.15) is 11.6 Å². The van der Waals surface area contributed by atoms with Gasteiger partial charge in [-0.25, -0.2) is 4.98 Å². The highest BCUT2D eigenvalue weighted by atomic mass is 15.2. The van der Waals surface area contributed by atoms with Crippen LogP contribution in [0.15, 0.2) is 24.5 Å². The molecule has 2 aromatic rings. The zero-order chi connectivity index (χ0) is 11.5. The predicted octanol–water partition coefficient (Wildman–Crippen LogP) is 1.33. The molecule has 0 aliphatic heterocycles. The molecule has 2 aromatic heterocycles. The minimum Gasteiger partial charge on any atom is -0.382 e. The Morgan fingerprint density at radius 2 is 2.31 bits per heavy atom. The van der Waals surface area contributed by atoms with E-state index in [1.807, 2.05) is 37.2 Å². The van der Waals surface area contributed by atoms with E-state index in [4.69, 9.17) is 5.73 Å². The van der Waals surface area contributed by atoms with Crippen molar-refractivity contribution >= 4 is 11.6 Å². The first kappa shape index (κ1) is 10.5. The van der Waals surface area contributed by atoms with Crippen LogP contribution in [-0.2, 0) is 6.54 Å². The molecule has 0 saturated carbocycles. The van der Waals surface area contributed by atoms with E-state index in [9.17, 15) is 0 Å². The lowest BCUT2D eigenvalue weighted by Gasteiger charge is -2.16. The maximum atomic E-state index is 5.82. The number of nitrogens with one attached hydrogen (secondary N) is 1. The van der Waals surface area contributed by atoms with Gasteiger partial charge in [0.05, 0.1) is 0 Å². The van der Waals surface area contributed by atoms with Crippen molar-refractivity contribution in [2.45, 2.75) is 13.5 Å². The van der Waals surface area contributed by atoms with Crippen molar-refractivity contribution in [2.24, 2.45) is 0 Å². The third-order valence-electron chi connectivity index (χ3n) is 2.33. The zero-order valence-electron chi connectivity index (χ0n) is 9.44. The van der Waals surface area contributed by atoms with E-state index in [1.165, 1.54) is 0 Å². The number of imidazole rings is 1. The van der Waals surface area contributed by atoms with Crippen molar-refractivity contribution in [1.82, 2.24) is 15.0 Å². The van der Waals surface area contributed by atoms with Crippen molar-refractivity contribution in [3.8, 4) is 0 Å². The maximum Gasteiger partial charge on any atom is 0.171 e. The van der Waals surface area contributed by atoms with Crippen molar-refractivity contribution in [3.05, 3.63) is 35.9 Å². The van der Waals surface area contributed by atoms with Crippen LogP contribution >= 0.6 is 0 Å². The molecule has 0 spiro atoms. The number of aryl methyl sites for hydroxylation is 1. The van der Waals surface area contributed by atoms with Gasteiger partial charge < -0.3 is 15.6 Å². The number of hydrogen-bond donors (Lipinski definition) is 2. The molecule has 0 radical (unpaired) electrons. The molecular weight excluding hydrogens is 202 g/mol. The van der Waals surface area contributed by atoms with Crippen LogP contribution < -0.4 is 10.6 Å². The number of rotatable bonds is 3. The molecule has 16 heavy (non-hydrogen) atoms. The standard InChI is InChI=1S/C11H15N5/c1-8-14-10(12)11(15-8)16(2)7-9-4-3-5-13-6-9/h3-6H,7,12H2,1-2H3,(H,14,15). The maximum absolute atomic E-state index is 5.82. The second-order valence-corrected chi connectivity index (χ2v) is 3.78. The molecule has 2 rings (SSSR count). The van der Waals surface area contributed by atoms with Gasteiger partial charge in [0.2, 0.25) is 0 Å². The van der Waals surface area contributed by atoms with Crippen LogP contribution in [0.4, 0.5) is 11.6 Å². The monoisotopic (exact) mass is 217 g/mol. The Kier molecular flexibility index (Phi) is 2.76. The summed E-state index contributed by atoms with van der Waals surface area (Å²) in [6.45, 7) is 2.63. The molecular formula is C11H15N5. The smallest absolute Gasteiger partial charge is 0.171 e. The SMILES string of the molecule is Cc1nc(N(C)Cc2cccnc2)c(N)[nH]1. The lowest BCUT2D eigenvalue weighted by molar-refractivity contribution is 0.896. The van der Waals surface area contributed by atoms with E-state index in [1.54, 1.807) is 6.20 Å². The Balaban J connectivity index is 2.14. The van der Waals surface area contributed by atoms with E-state index in [0.29, 0.717) is 5.82 Å². The number of pyridine rings is 1. The molecule has 0 unspecified atom stereocenters. The second kappa shape index (κ2) is 4.22. The summed E-state index contributed by atoms with van der Waals surface area (Å²) in [5, 5.41) is 0. The van der Waals surface area contributed by atoms with Crippen molar-refractivity contribution in [3.63, 3.8) is 0 Å². The summed E-state index contributed by atoms with van der Waals surface area (Å²) in [5.74, 6) is 2.20. The van der Waals surface area contributed by atoms with Crippen LogP contribution in [-0.4, -0.2) is 22.0 Å². The summed E-state index contributed by atoms with van der Waals surface area (Å²) in [6.07, 6.45) is 3.60. The van der Waals surface area contributed by atoms with Gasteiger partial charge in [-0.1, -0.05) is 6.07 Å². The highest BCUT2D eigenvalue weighted by Crippen LogP contribution is 2.19. The quantitative estimate of drug-likeness (QED) is 0.813. The Hall–Kier alpha value is -2.04. The van der Waals surface area contributed by atoms with Gasteiger partial charge in [-0.2, -0.15) is 0 Å². The number of nitrogen functional groups attached to an aromatic ring is 1. The number of H-pyrrole nitrogens is 1. The topological polar surface area (TPSA) is 70.8 Å². The van der Waals surface area contributed by atoms with Crippen LogP contribution in [0.2, 0.25) is 0 Å². The van der Waals surface area contributed by atoms with Gasteiger partial charge in [0.25, 0.3) is 0 Å². The number of aromatic amines is 1. The number of hydrogen-bond acceptors (Lipinski definition) is 4. The summed E-state index contributed by atoms with van der Waals surface area (Å²) in [7, 11) is 1.96. The second-order valence-electron chi connectivity index (χ2n) is 3.78. The summed E-state index contributed by atoms with van der Waals surface area (Å²) in [4.78, 5) is 13.4. The molecule has 5 heteroatoms. The Bertz CT molecular complexity index is 462. The van der Waals surface area contributed by atoms with E-state index in [0.717, 1.165) is 23.8 Å². The first-order chi connectivity index (χ1) is 7.66. The van der Waals surface area contributed by atoms with Crippen molar-refractivity contribution < 1.29 is 0 Å². The van der Waals surface area contributed by atoms with Crippen LogP contribution in [0.5, 0.6) is 0 Å². The molecule has 0 amide bonds. The minimum absolute atomic E-state index is 0.601. The fourth-order valence-corrected chi connectivity index (χ4v) is 1.63. The molecule has 2 heterocycles. The number of anilines is 2. The average Bonchev–Trinajstić information content (AvgIpc) is 2.59. The van der Waals surface area contributed by atoms with Crippen molar-refractivity contribution in [2.75, 3.05) is 17.7 Å². The fourth-order valence-electron chi connectivity index (χ4n) is 1.63. The van der Waals surface area contributed by atoms with Crippen LogP contribution in [0.25, 0.3) is 0 Å². The van der Waals surface area contributed by atoms with Crippen LogP contribution in [0, 0.1) is 6.92 Å². The molecule has 0 bridgehead atoms. The average molecular weight is 217 g/mol. The van der Waals surface area contributed by atoms with E-state index in [2.05, 4.69) is 15.0 Å². The van der Waals surface area contributed by atoms with Gasteiger partial charge in [-0.05, 0) is 18.6 Å². The Morgan fingerprint density at radius 3 is 2.88 bits per heavy atom. The molecule has 0 atom stereocenters. The zero-order valence-corrected chi connectivity index (χ0v) is 9.44. The van der Waals surface area contributed by atoms with Gasteiger partial charge in [0, 0.05) is 26.0 Å². The third-order valence-corrected chi connectivity index (χ3v) is 2.33. The lowest BCUT2D eigenvalue weighted by atomic mass is 10.3. The van der Waals surface area contributed by atoms with Crippen molar-refractivity contribution in [1.29, 1.82) is 0 Å². The van der Waals surface area contributed by atoms with Gasteiger partial charge in [-0.15, -0.1) is 0 Å². The van der Waals surface area contributed by atoms with Gasteiger partial charge >= 0.3 is 0 Å². The normalized spacial score (nSPS) is 10.4. The first-order valence-corrected chi connectivity index (χ1v) is 5.09. The molecule has 0 fully saturated rings. The van der Waals surface area contributed by atoms with E-state index < -0.39 is 0 Å². The fraction of sp³-hybridized carbons (Fsp3) is 0.273. The molecule has 0 aliphatic carbocycles. The highest BCUT2D eigenvalue weighted by Gasteiger charge is 2.10. The first-order valence-electron chi connectivity index (χ1n) is 5.09. The summed E-state index contributed by atoms with van der Waals surface area (Å²) in [5.41, 5.74) is 6.95. The molecule has 0 aromatic carbocycles. The number of nitrogens with two attached hydrogens (primary N) is 1. The summed E-state index contributed by atoms with van der Waals surface area (Å²) < 4.78 is 0. The molecule has 3 N–H and O–H groups in total. The molecule has 84 valence electrons. The Morgan fingerprint density at radius 1 is 1.50 bits per heavy atom. The molecule has 0 aliphatic rings. The predicted molar refractivity (Wildman–Crippen MR) is 64.1 cm³/mol. The Labute approximate surface area is 94.3 Å².